The number of hydrogen-bond acceptors (Lipinski definition) is 9. The van der Waals surface area contributed by atoms with Gasteiger partial charge in [0.05, 0.1) is 39.5 Å². The van der Waals surface area contributed by atoms with E-state index in [2.05, 4.69) is 27.1 Å². The van der Waals surface area contributed by atoms with E-state index in [4.69, 9.17) is 23.6 Å². The van der Waals surface area contributed by atoms with Crippen LogP contribution in [-0.4, -0.2) is 53.9 Å². The number of hydrogen-bond donors (Lipinski definition) is 1. The minimum absolute atomic E-state index is 0.534. The quantitative estimate of drug-likeness (QED) is 0.447. The molecule has 1 atom stereocenters. The molecule has 33 heavy (non-hydrogen) atoms. The summed E-state index contributed by atoms with van der Waals surface area (Å²) in [6, 6.07) is 5.56. The molecular formula is C23H26N6O4. The Morgan fingerprint density at radius 3 is 2.55 bits per heavy atom. The van der Waals surface area contributed by atoms with Gasteiger partial charge in [0.1, 0.15) is 17.7 Å². The Balaban J connectivity index is 1.47. The van der Waals surface area contributed by atoms with E-state index in [1.807, 2.05) is 29.0 Å². The van der Waals surface area contributed by atoms with E-state index in [0.717, 1.165) is 30.7 Å². The van der Waals surface area contributed by atoms with Crippen molar-refractivity contribution in [1.82, 2.24) is 19.5 Å². The van der Waals surface area contributed by atoms with Gasteiger partial charge in [0.2, 0.25) is 11.7 Å². The molecule has 4 aromatic rings. The molecule has 0 bridgehead atoms. The second kappa shape index (κ2) is 8.53. The van der Waals surface area contributed by atoms with E-state index in [1.165, 1.54) is 0 Å². The number of methoxy groups -OCH3 is 3. The van der Waals surface area contributed by atoms with Crippen LogP contribution >= 0.6 is 0 Å². The normalized spacial score (nSPS) is 15.8. The van der Waals surface area contributed by atoms with Gasteiger partial charge in [0, 0.05) is 31.3 Å². The van der Waals surface area contributed by atoms with Gasteiger partial charge in [0.25, 0.3) is 0 Å². The number of nitrogens with zero attached hydrogens (tertiary/aromatic N) is 5. The predicted molar refractivity (Wildman–Crippen MR) is 124 cm³/mol. The number of ether oxygens (including phenoxy) is 3. The van der Waals surface area contributed by atoms with E-state index in [9.17, 15) is 0 Å². The Hall–Kier alpha value is -3.95. The molecule has 0 saturated carbocycles. The first-order chi connectivity index (χ1) is 16.1. The fourth-order valence-electron chi connectivity index (χ4n) is 4.06. The van der Waals surface area contributed by atoms with Crippen molar-refractivity contribution >= 4 is 28.7 Å². The summed E-state index contributed by atoms with van der Waals surface area (Å²) >= 11 is 0. The molecule has 5 rings (SSSR count). The van der Waals surface area contributed by atoms with Crippen molar-refractivity contribution in [2.24, 2.45) is 5.92 Å². The summed E-state index contributed by atoms with van der Waals surface area (Å²) in [7, 11) is 4.75. The van der Waals surface area contributed by atoms with Crippen LogP contribution < -0.4 is 24.4 Å². The van der Waals surface area contributed by atoms with Gasteiger partial charge in [-0.05, 0) is 12.3 Å². The maximum absolute atomic E-state index is 5.65. The number of fused-ring (bicyclic) bond motifs is 1. The summed E-state index contributed by atoms with van der Waals surface area (Å²) in [6.45, 7) is 4.13. The van der Waals surface area contributed by atoms with Crippen molar-refractivity contribution in [3.63, 3.8) is 0 Å². The summed E-state index contributed by atoms with van der Waals surface area (Å²) in [5, 5.41) is 3.29. The zero-order chi connectivity index (χ0) is 22.9. The standard InChI is InChI=1S/C23H26N6O4/c1-14-5-7-28(11-14)23-25-16-6-8-33-20(16)22(27-23)26-19-12-29(13-24-19)15-9-17(30-2)21(32-4)18(10-15)31-3/h6,8-10,12-14H,5,7,11H2,1-4H3,(H,25,26,27)/t14-/m1/s1. The van der Waals surface area contributed by atoms with Gasteiger partial charge < -0.3 is 33.4 Å². The van der Waals surface area contributed by atoms with Crippen LogP contribution in [0.3, 0.4) is 0 Å². The van der Waals surface area contributed by atoms with Gasteiger partial charge in [-0.25, -0.2) is 9.97 Å². The van der Waals surface area contributed by atoms with Crippen LogP contribution in [0.1, 0.15) is 13.3 Å². The lowest BCUT2D eigenvalue weighted by Crippen LogP contribution is -2.22. The highest BCUT2D eigenvalue weighted by Gasteiger charge is 2.23. The average Bonchev–Trinajstić information content (AvgIpc) is 3.58. The van der Waals surface area contributed by atoms with Gasteiger partial charge in [-0.1, -0.05) is 6.92 Å². The van der Waals surface area contributed by atoms with E-state index < -0.39 is 0 Å². The molecule has 0 radical (unpaired) electrons. The maximum atomic E-state index is 5.65. The smallest absolute Gasteiger partial charge is 0.228 e. The fraction of sp³-hybridized carbons (Fsp3) is 0.348. The van der Waals surface area contributed by atoms with Crippen molar-refractivity contribution in [1.29, 1.82) is 0 Å². The molecule has 10 heteroatoms. The molecule has 1 N–H and O–H groups in total. The summed E-state index contributed by atoms with van der Waals surface area (Å²) in [4.78, 5) is 16.1. The number of nitrogens with one attached hydrogen (secondary N) is 1. The molecule has 1 saturated heterocycles. The van der Waals surface area contributed by atoms with Crippen molar-refractivity contribution in [2.45, 2.75) is 13.3 Å². The molecule has 1 fully saturated rings. The molecule has 1 aromatic carbocycles. The summed E-state index contributed by atoms with van der Waals surface area (Å²) in [6.07, 6.45) is 6.31. The lowest BCUT2D eigenvalue weighted by atomic mass is 10.2. The third-order valence-corrected chi connectivity index (χ3v) is 5.78. The molecule has 0 aliphatic carbocycles. The molecule has 3 aromatic heterocycles. The van der Waals surface area contributed by atoms with Crippen LogP contribution in [0.25, 0.3) is 16.8 Å². The Morgan fingerprint density at radius 1 is 1.09 bits per heavy atom. The third kappa shape index (κ3) is 3.88. The SMILES string of the molecule is COc1cc(-n2cnc(Nc3nc(N4CC[C@@H](C)C4)nc4ccoc34)c2)cc(OC)c1OC. The minimum atomic E-state index is 0.534. The maximum Gasteiger partial charge on any atom is 0.228 e. The van der Waals surface area contributed by atoms with Gasteiger partial charge in [-0.15, -0.1) is 0 Å². The van der Waals surface area contributed by atoms with Crippen molar-refractivity contribution in [2.75, 3.05) is 44.6 Å². The molecule has 0 spiro atoms. The Bertz CT molecular complexity index is 1260. The van der Waals surface area contributed by atoms with Crippen LogP contribution in [0.5, 0.6) is 17.2 Å². The zero-order valence-electron chi connectivity index (χ0n) is 19.0. The van der Waals surface area contributed by atoms with Crippen LogP contribution in [0.2, 0.25) is 0 Å². The molecular weight excluding hydrogens is 424 g/mol. The Labute approximate surface area is 191 Å². The molecule has 172 valence electrons. The first-order valence-electron chi connectivity index (χ1n) is 10.7. The van der Waals surface area contributed by atoms with Crippen LogP contribution in [-0.2, 0) is 0 Å². The average molecular weight is 450 g/mol. The number of imidazole rings is 1. The summed E-state index contributed by atoms with van der Waals surface area (Å²) < 4.78 is 23.8. The van der Waals surface area contributed by atoms with E-state index >= 15 is 0 Å². The summed E-state index contributed by atoms with van der Waals surface area (Å²) in [5.74, 6) is 4.17. The van der Waals surface area contributed by atoms with E-state index in [-0.39, 0.29) is 0 Å². The number of rotatable bonds is 7. The van der Waals surface area contributed by atoms with Gasteiger partial charge in [-0.2, -0.15) is 4.98 Å². The first kappa shape index (κ1) is 20.9. The Kier molecular flexibility index (Phi) is 5.41. The van der Waals surface area contributed by atoms with Crippen LogP contribution in [0, 0.1) is 5.92 Å². The van der Waals surface area contributed by atoms with Gasteiger partial charge in [0.15, 0.2) is 22.9 Å². The largest absolute Gasteiger partial charge is 0.493 e. The topological polar surface area (TPSA) is 99.7 Å². The lowest BCUT2D eigenvalue weighted by molar-refractivity contribution is 0.324. The second-order valence-corrected chi connectivity index (χ2v) is 8.02. The molecule has 4 heterocycles. The Morgan fingerprint density at radius 2 is 1.88 bits per heavy atom. The zero-order valence-corrected chi connectivity index (χ0v) is 19.0. The number of benzene rings is 1. The highest BCUT2D eigenvalue weighted by Crippen LogP contribution is 2.39. The number of anilines is 3. The van der Waals surface area contributed by atoms with Gasteiger partial charge in [-0.3, -0.25) is 0 Å². The number of furan rings is 1. The molecule has 1 aliphatic rings. The van der Waals surface area contributed by atoms with Crippen molar-refractivity contribution in [3.05, 3.63) is 37.0 Å². The number of aromatic nitrogens is 4. The molecule has 10 nitrogen and oxygen atoms in total. The van der Waals surface area contributed by atoms with Crippen LogP contribution in [0.15, 0.2) is 41.4 Å². The predicted octanol–water partition coefficient (Wildman–Crippen LogP) is 4.02. The molecule has 1 aliphatic heterocycles. The highest BCUT2D eigenvalue weighted by atomic mass is 16.5. The first-order valence-corrected chi connectivity index (χ1v) is 10.7. The summed E-state index contributed by atoms with van der Waals surface area (Å²) in [5.41, 5.74) is 2.15. The van der Waals surface area contributed by atoms with Crippen LogP contribution in [0.4, 0.5) is 17.6 Å². The van der Waals surface area contributed by atoms with Crippen molar-refractivity contribution < 1.29 is 18.6 Å². The van der Waals surface area contributed by atoms with E-state index in [1.54, 1.807) is 33.9 Å². The van der Waals surface area contributed by atoms with E-state index in [0.29, 0.717) is 46.3 Å². The fourth-order valence-corrected chi connectivity index (χ4v) is 4.06. The van der Waals surface area contributed by atoms with Gasteiger partial charge >= 0.3 is 0 Å². The molecule has 0 amide bonds. The third-order valence-electron chi connectivity index (χ3n) is 5.78. The van der Waals surface area contributed by atoms with Crippen molar-refractivity contribution in [3.8, 4) is 22.9 Å². The minimum Gasteiger partial charge on any atom is -0.493 e. The molecule has 0 unspecified atom stereocenters. The lowest BCUT2D eigenvalue weighted by Gasteiger charge is -2.16. The monoisotopic (exact) mass is 450 g/mol. The second-order valence-electron chi connectivity index (χ2n) is 8.02. The highest BCUT2D eigenvalue weighted by molar-refractivity contribution is 5.86.